The molecule has 0 bridgehead atoms. The van der Waals surface area contributed by atoms with Crippen molar-refractivity contribution in [1.29, 1.82) is 5.26 Å². The first kappa shape index (κ1) is 23.0. The Kier molecular flexibility index (Phi) is 7.52. The fraction of sp³-hybridized carbons (Fsp3) is 0.333. The molecule has 0 saturated carbocycles. The van der Waals surface area contributed by atoms with E-state index in [1.807, 2.05) is 24.3 Å². The SMILES string of the molecule is C[S+]([O-])C(C)(CCN1CC=C(c2ccc(-c3ccc(C#N)cc3)cc2)CC1)C(=O)NO. The monoisotopic (exact) mass is 437 g/mol. The van der Waals surface area contributed by atoms with Gasteiger partial charge in [-0.05, 0) is 58.9 Å². The molecule has 0 radical (unpaired) electrons. The molecular formula is C24H27N3O3S. The molecule has 0 fully saturated rings. The lowest BCUT2D eigenvalue weighted by Gasteiger charge is -2.32. The molecule has 0 saturated heterocycles. The van der Waals surface area contributed by atoms with Crippen LogP contribution in [0.3, 0.4) is 0 Å². The summed E-state index contributed by atoms with van der Waals surface area (Å²) >= 11 is -1.39. The third-order valence-electron chi connectivity index (χ3n) is 6.02. The summed E-state index contributed by atoms with van der Waals surface area (Å²) < 4.78 is 10.9. The van der Waals surface area contributed by atoms with Gasteiger partial charge in [0, 0.05) is 26.1 Å². The van der Waals surface area contributed by atoms with E-state index < -0.39 is 21.8 Å². The molecule has 6 nitrogen and oxygen atoms in total. The number of nitrogens with one attached hydrogen (secondary N) is 1. The van der Waals surface area contributed by atoms with Crippen molar-refractivity contribution in [3.8, 4) is 17.2 Å². The Hall–Kier alpha value is -2.63. The van der Waals surface area contributed by atoms with Crippen LogP contribution >= 0.6 is 0 Å². The van der Waals surface area contributed by atoms with E-state index in [9.17, 15) is 9.35 Å². The fourth-order valence-corrected chi connectivity index (χ4v) is 4.35. The Morgan fingerprint density at radius 2 is 1.77 bits per heavy atom. The van der Waals surface area contributed by atoms with E-state index >= 15 is 0 Å². The number of carbonyl (C=O) groups is 1. The van der Waals surface area contributed by atoms with Gasteiger partial charge in [-0.2, -0.15) is 5.26 Å². The zero-order valence-electron chi connectivity index (χ0n) is 17.8. The summed E-state index contributed by atoms with van der Waals surface area (Å²) in [6.07, 6.45) is 5.00. The van der Waals surface area contributed by atoms with Crippen molar-refractivity contribution >= 4 is 22.7 Å². The molecule has 3 rings (SSSR count). The Morgan fingerprint density at radius 1 is 1.19 bits per heavy atom. The lowest BCUT2D eigenvalue weighted by atomic mass is 9.96. The van der Waals surface area contributed by atoms with Crippen LogP contribution in [0.15, 0.2) is 54.6 Å². The van der Waals surface area contributed by atoms with Crippen LogP contribution in [0, 0.1) is 11.3 Å². The van der Waals surface area contributed by atoms with Crippen molar-refractivity contribution in [1.82, 2.24) is 10.4 Å². The summed E-state index contributed by atoms with van der Waals surface area (Å²) in [7, 11) is 0. The van der Waals surface area contributed by atoms with Crippen molar-refractivity contribution in [2.24, 2.45) is 0 Å². The number of nitrogens with zero attached hydrogens (tertiary/aromatic N) is 2. The van der Waals surface area contributed by atoms with Gasteiger partial charge in [-0.3, -0.25) is 14.9 Å². The first-order valence-electron chi connectivity index (χ1n) is 10.2. The number of carbonyl (C=O) groups excluding carboxylic acids is 1. The van der Waals surface area contributed by atoms with Crippen molar-refractivity contribution < 1.29 is 14.6 Å². The summed E-state index contributed by atoms with van der Waals surface area (Å²) in [6, 6.07) is 18.1. The van der Waals surface area contributed by atoms with Crippen molar-refractivity contribution in [2.75, 3.05) is 25.9 Å². The molecule has 2 aromatic rings. The highest BCUT2D eigenvalue weighted by Crippen LogP contribution is 2.27. The minimum Gasteiger partial charge on any atom is -0.616 e. The zero-order valence-corrected chi connectivity index (χ0v) is 18.6. The Bertz CT molecular complexity index is 981. The predicted molar refractivity (Wildman–Crippen MR) is 123 cm³/mol. The third-order valence-corrected chi connectivity index (χ3v) is 7.68. The average Bonchev–Trinajstić information content (AvgIpc) is 2.82. The number of hydrogen-bond acceptors (Lipinski definition) is 5. The minimum atomic E-state index is -1.39. The Labute approximate surface area is 186 Å². The van der Waals surface area contributed by atoms with E-state index in [0.717, 1.165) is 30.6 Å². The molecule has 2 atom stereocenters. The van der Waals surface area contributed by atoms with Gasteiger partial charge in [0.25, 0.3) is 5.91 Å². The predicted octanol–water partition coefficient (Wildman–Crippen LogP) is 3.35. The van der Waals surface area contributed by atoms with Gasteiger partial charge in [-0.1, -0.05) is 42.5 Å². The van der Waals surface area contributed by atoms with Gasteiger partial charge in [-0.15, -0.1) is 0 Å². The van der Waals surface area contributed by atoms with Crippen LogP contribution < -0.4 is 5.48 Å². The first-order chi connectivity index (χ1) is 14.9. The summed E-state index contributed by atoms with van der Waals surface area (Å²) in [5.41, 5.74) is 6.97. The van der Waals surface area contributed by atoms with Crippen molar-refractivity contribution in [3.63, 3.8) is 0 Å². The number of rotatable bonds is 7. The highest BCUT2D eigenvalue weighted by atomic mass is 32.2. The molecule has 1 aliphatic rings. The van der Waals surface area contributed by atoms with Crippen LogP contribution in [-0.4, -0.2) is 51.2 Å². The topological polar surface area (TPSA) is 99.4 Å². The van der Waals surface area contributed by atoms with Crippen LogP contribution in [0.5, 0.6) is 0 Å². The molecule has 7 heteroatoms. The molecule has 2 unspecified atom stereocenters. The fourth-order valence-electron chi connectivity index (χ4n) is 3.67. The average molecular weight is 438 g/mol. The maximum atomic E-state index is 12.0. The lowest BCUT2D eigenvalue weighted by Crippen LogP contribution is -2.51. The minimum absolute atomic E-state index is 0.408. The Morgan fingerprint density at radius 3 is 2.26 bits per heavy atom. The molecule has 0 aliphatic carbocycles. The van der Waals surface area contributed by atoms with E-state index in [0.29, 0.717) is 18.5 Å². The molecule has 0 aromatic heterocycles. The van der Waals surface area contributed by atoms with Gasteiger partial charge >= 0.3 is 0 Å². The number of benzene rings is 2. The van der Waals surface area contributed by atoms with E-state index in [1.165, 1.54) is 17.4 Å². The second-order valence-electron chi connectivity index (χ2n) is 7.92. The molecule has 31 heavy (non-hydrogen) atoms. The van der Waals surface area contributed by atoms with Crippen LogP contribution in [-0.2, 0) is 16.0 Å². The van der Waals surface area contributed by atoms with E-state index in [1.54, 1.807) is 12.4 Å². The van der Waals surface area contributed by atoms with Crippen LogP contribution in [0.4, 0.5) is 0 Å². The largest absolute Gasteiger partial charge is 0.616 e. The molecule has 0 spiro atoms. The number of hydroxylamine groups is 1. The number of hydrogen-bond donors (Lipinski definition) is 2. The van der Waals surface area contributed by atoms with Crippen molar-refractivity contribution in [2.45, 2.75) is 24.5 Å². The highest BCUT2D eigenvalue weighted by Gasteiger charge is 2.42. The molecule has 1 heterocycles. The number of nitriles is 1. The zero-order chi connectivity index (χ0) is 22.4. The third kappa shape index (κ3) is 5.35. The van der Waals surface area contributed by atoms with Gasteiger partial charge in [0.1, 0.15) is 0 Å². The second-order valence-corrected chi connectivity index (χ2v) is 9.73. The van der Waals surface area contributed by atoms with Crippen LogP contribution in [0.25, 0.3) is 16.7 Å². The molecule has 2 N–H and O–H groups in total. The number of amides is 1. The smallest absolute Gasteiger partial charge is 0.299 e. The van der Waals surface area contributed by atoms with Gasteiger partial charge in [0.05, 0.1) is 17.9 Å². The Balaban J connectivity index is 1.61. The van der Waals surface area contributed by atoms with E-state index in [2.05, 4.69) is 41.3 Å². The van der Waals surface area contributed by atoms with Crippen LogP contribution in [0.1, 0.15) is 30.9 Å². The molecule has 162 valence electrons. The second kappa shape index (κ2) is 10.1. The quantitative estimate of drug-likeness (QED) is 0.393. The van der Waals surface area contributed by atoms with E-state index in [4.69, 9.17) is 10.5 Å². The molecule has 2 aromatic carbocycles. The maximum Gasteiger partial charge on any atom is 0.299 e. The molecule has 1 aliphatic heterocycles. The maximum absolute atomic E-state index is 12.0. The van der Waals surface area contributed by atoms with Crippen LogP contribution in [0.2, 0.25) is 0 Å². The van der Waals surface area contributed by atoms with Gasteiger partial charge < -0.3 is 4.55 Å². The van der Waals surface area contributed by atoms with Gasteiger partial charge in [-0.25, -0.2) is 5.48 Å². The standard InChI is InChI=1S/C24H27N3O3S/c1-24(31(2)30,23(28)26-29)13-16-27-14-11-22(12-15-27)21-9-7-20(8-10-21)19-5-3-18(17-25)4-6-19/h3-11,29H,12-16H2,1-2H3,(H,26,28). The lowest BCUT2D eigenvalue weighted by molar-refractivity contribution is -0.131. The van der Waals surface area contributed by atoms with Crippen molar-refractivity contribution in [3.05, 3.63) is 65.7 Å². The normalized spacial score (nSPS) is 17.2. The summed E-state index contributed by atoms with van der Waals surface area (Å²) in [4.78, 5) is 14.2. The van der Waals surface area contributed by atoms with Gasteiger partial charge in [0.2, 0.25) is 4.75 Å². The summed E-state index contributed by atoms with van der Waals surface area (Å²) in [5, 5.41) is 17.9. The summed E-state index contributed by atoms with van der Waals surface area (Å²) in [6.45, 7) is 3.87. The van der Waals surface area contributed by atoms with E-state index in [-0.39, 0.29) is 0 Å². The highest BCUT2D eigenvalue weighted by molar-refractivity contribution is 7.92. The molecule has 1 amide bonds. The first-order valence-corrected chi connectivity index (χ1v) is 11.7. The summed E-state index contributed by atoms with van der Waals surface area (Å²) in [5.74, 6) is -0.607. The molecular weight excluding hydrogens is 410 g/mol. The van der Waals surface area contributed by atoms with Gasteiger partial charge in [0.15, 0.2) is 0 Å².